The molecule has 0 aliphatic carbocycles. The summed E-state index contributed by atoms with van der Waals surface area (Å²) in [6, 6.07) is 8.20. The number of carbonyl (C=O) groups excluding carboxylic acids is 2. The van der Waals surface area contributed by atoms with Crippen LogP contribution < -0.4 is 4.74 Å². The van der Waals surface area contributed by atoms with Crippen LogP contribution in [0.4, 0.5) is 0 Å². The number of hydrogen-bond acceptors (Lipinski definition) is 5. The Labute approximate surface area is 155 Å². The van der Waals surface area contributed by atoms with Gasteiger partial charge in [-0.3, -0.25) is 9.59 Å². The number of amides is 1. The monoisotopic (exact) mass is 385 g/mol. The first-order chi connectivity index (χ1) is 12.0. The van der Waals surface area contributed by atoms with Crippen LogP contribution in [-0.4, -0.2) is 37.0 Å². The molecule has 0 bridgehead atoms. The van der Waals surface area contributed by atoms with Crippen LogP contribution in [-0.2, 0) is 20.9 Å². The minimum Gasteiger partial charge on any atom is -0.482 e. The smallest absolute Gasteiger partial charge is 0.307 e. The van der Waals surface area contributed by atoms with E-state index in [1.54, 1.807) is 24.3 Å². The van der Waals surface area contributed by atoms with Gasteiger partial charge in [-0.25, -0.2) is 0 Å². The van der Waals surface area contributed by atoms with Gasteiger partial charge in [0.1, 0.15) is 11.5 Å². The molecule has 0 saturated carbocycles. The molecule has 0 unspecified atom stereocenters. The molecule has 0 N–H and O–H groups in total. The number of rotatable bonds is 8. The van der Waals surface area contributed by atoms with E-state index < -0.39 is 5.97 Å². The fourth-order valence-corrected chi connectivity index (χ4v) is 2.50. The van der Waals surface area contributed by atoms with Gasteiger partial charge >= 0.3 is 5.97 Å². The highest BCUT2D eigenvalue weighted by Crippen LogP contribution is 2.27. The van der Waals surface area contributed by atoms with Crippen LogP contribution in [0.3, 0.4) is 0 Å². The minimum absolute atomic E-state index is 0.0741. The molecule has 1 aromatic heterocycles. The fraction of sp³-hybridized carbons (Fsp3) is 0.294. The second-order valence-corrected chi connectivity index (χ2v) is 5.93. The Morgan fingerprint density at radius 2 is 2.04 bits per heavy atom. The van der Waals surface area contributed by atoms with Gasteiger partial charge in [0.15, 0.2) is 6.61 Å². The third-order valence-corrected chi connectivity index (χ3v) is 3.87. The largest absolute Gasteiger partial charge is 0.482 e. The fourth-order valence-electron chi connectivity index (χ4n) is 2.03. The van der Waals surface area contributed by atoms with Crippen molar-refractivity contribution in [3.05, 3.63) is 52.4 Å². The lowest BCUT2D eigenvalue weighted by atomic mass is 10.3. The molecule has 6 nitrogen and oxygen atoms in total. The topological polar surface area (TPSA) is 69.0 Å². The van der Waals surface area contributed by atoms with Gasteiger partial charge in [-0.1, -0.05) is 23.2 Å². The van der Waals surface area contributed by atoms with Crippen molar-refractivity contribution < 1.29 is 23.5 Å². The van der Waals surface area contributed by atoms with Crippen molar-refractivity contribution in [3.63, 3.8) is 0 Å². The van der Waals surface area contributed by atoms with Gasteiger partial charge in [0.2, 0.25) is 0 Å². The highest BCUT2D eigenvalue weighted by atomic mass is 35.5. The summed E-state index contributed by atoms with van der Waals surface area (Å²) in [6.45, 7) is 0.174. The van der Waals surface area contributed by atoms with Crippen molar-refractivity contribution in [2.45, 2.75) is 13.0 Å². The predicted molar refractivity (Wildman–Crippen MR) is 92.7 cm³/mol. The summed E-state index contributed by atoms with van der Waals surface area (Å²) in [7, 11) is 1.30. The summed E-state index contributed by atoms with van der Waals surface area (Å²) in [5.41, 5.74) is 0. The summed E-state index contributed by atoms with van der Waals surface area (Å²) < 4.78 is 15.3. The number of benzene rings is 1. The maximum absolute atomic E-state index is 12.5. The molecular weight excluding hydrogens is 369 g/mol. The van der Waals surface area contributed by atoms with E-state index >= 15 is 0 Å². The first-order valence-corrected chi connectivity index (χ1v) is 8.20. The first-order valence-electron chi connectivity index (χ1n) is 7.44. The van der Waals surface area contributed by atoms with E-state index in [9.17, 15) is 9.59 Å². The molecule has 8 heteroatoms. The number of nitrogens with zero attached hydrogens (tertiary/aromatic N) is 1. The maximum Gasteiger partial charge on any atom is 0.307 e. The second-order valence-electron chi connectivity index (χ2n) is 5.08. The normalized spacial score (nSPS) is 10.4. The van der Waals surface area contributed by atoms with Gasteiger partial charge < -0.3 is 18.8 Å². The Kier molecular flexibility index (Phi) is 7.16. The quantitative estimate of drug-likeness (QED) is 0.649. The Hall–Kier alpha value is -2.18. The van der Waals surface area contributed by atoms with Crippen molar-refractivity contribution in [3.8, 4) is 5.75 Å². The zero-order valence-corrected chi connectivity index (χ0v) is 15.0. The van der Waals surface area contributed by atoms with E-state index in [1.165, 1.54) is 24.3 Å². The lowest BCUT2D eigenvalue weighted by molar-refractivity contribution is -0.142. The summed E-state index contributed by atoms with van der Waals surface area (Å²) in [5.74, 6) is 0.235. The Morgan fingerprint density at radius 3 is 2.68 bits per heavy atom. The average Bonchev–Trinajstić information content (AvgIpc) is 3.10. The van der Waals surface area contributed by atoms with Gasteiger partial charge in [-0.15, -0.1) is 0 Å². The third kappa shape index (κ3) is 5.99. The average molecular weight is 386 g/mol. The van der Waals surface area contributed by atoms with Crippen LogP contribution in [0.5, 0.6) is 5.75 Å². The summed E-state index contributed by atoms with van der Waals surface area (Å²) in [4.78, 5) is 25.3. The van der Waals surface area contributed by atoms with E-state index in [0.29, 0.717) is 21.6 Å². The first kappa shape index (κ1) is 19.1. The molecule has 0 fully saturated rings. The number of esters is 1. The molecule has 0 atom stereocenters. The van der Waals surface area contributed by atoms with Crippen LogP contribution in [0.15, 0.2) is 41.0 Å². The van der Waals surface area contributed by atoms with Gasteiger partial charge in [0.25, 0.3) is 5.91 Å². The number of furan rings is 1. The highest BCUT2D eigenvalue weighted by molar-refractivity contribution is 6.35. The van der Waals surface area contributed by atoms with Crippen molar-refractivity contribution in [1.82, 2.24) is 4.90 Å². The van der Waals surface area contributed by atoms with Crippen LogP contribution in [0, 0.1) is 0 Å². The molecule has 1 amide bonds. The Morgan fingerprint density at radius 1 is 1.24 bits per heavy atom. The van der Waals surface area contributed by atoms with Crippen molar-refractivity contribution in [2.24, 2.45) is 0 Å². The van der Waals surface area contributed by atoms with E-state index in [0.717, 1.165) is 0 Å². The van der Waals surface area contributed by atoms with Gasteiger partial charge in [0, 0.05) is 11.6 Å². The van der Waals surface area contributed by atoms with Crippen LogP contribution in [0.1, 0.15) is 12.2 Å². The molecule has 0 saturated heterocycles. The zero-order chi connectivity index (χ0) is 18.2. The molecule has 1 aromatic carbocycles. The van der Waals surface area contributed by atoms with Crippen LogP contribution in [0.2, 0.25) is 10.0 Å². The van der Waals surface area contributed by atoms with Crippen LogP contribution in [0.25, 0.3) is 0 Å². The number of ether oxygens (including phenoxy) is 2. The third-order valence-electron chi connectivity index (χ3n) is 3.34. The minimum atomic E-state index is -0.404. The maximum atomic E-state index is 12.5. The number of hydrogen-bond donors (Lipinski definition) is 0. The number of carbonyl (C=O) groups is 2. The lowest BCUT2D eigenvalue weighted by Gasteiger charge is -2.21. The van der Waals surface area contributed by atoms with E-state index in [4.69, 9.17) is 32.4 Å². The van der Waals surface area contributed by atoms with E-state index in [-0.39, 0.29) is 32.0 Å². The highest BCUT2D eigenvalue weighted by Gasteiger charge is 2.18. The number of methoxy groups -OCH3 is 1. The molecular formula is C17H17Cl2NO5. The molecule has 134 valence electrons. The second kappa shape index (κ2) is 9.34. The van der Waals surface area contributed by atoms with Crippen LogP contribution >= 0.6 is 23.2 Å². The Bertz CT molecular complexity index is 718. The molecule has 0 spiro atoms. The summed E-state index contributed by atoms with van der Waals surface area (Å²) in [6.07, 6.45) is 1.59. The van der Waals surface area contributed by atoms with E-state index in [1.807, 2.05) is 0 Å². The molecule has 0 radical (unpaired) electrons. The lowest BCUT2D eigenvalue weighted by Crippen LogP contribution is -2.36. The van der Waals surface area contributed by atoms with Gasteiger partial charge in [-0.2, -0.15) is 0 Å². The SMILES string of the molecule is COC(=O)CCN(Cc1ccco1)C(=O)COc1ccc(Cl)cc1Cl. The van der Waals surface area contributed by atoms with Crippen molar-refractivity contribution >= 4 is 35.1 Å². The van der Waals surface area contributed by atoms with Gasteiger partial charge in [-0.05, 0) is 30.3 Å². The molecule has 0 aliphatic rings. The molecule has 2 aromatic rings. The zero-order valence-electron chi connectivity index (χ0n) is 13.5. The summed E-state index contributed by atoms with van der Waals surface area (Å²) >= 11 is 11.8. The number of halogens is 2. The molecule has 2 rings (SSSR count). The van der Waals surface area contributed by atoms with Crippen molar-refractivity contribution in [2.75, 3.05) is 20.3 Å². The van der Waals surface area contributed by atoms with Gasteiger partial charge in [0.05, 0.1) is 31.4 Å². The Balaban J connectivity index is 1.99. The summed E-state index contributed by atoms with van der Waals surface area (Å²) in [5, 5.41) is 0.786. The van der Waals surface area contributed by atoms with Crippen molar-refractivity contribution in [1.29, 1.82) is 0 Å². The standard InChI is InChI=1S/C17H17Cl2NO5/c1-23-17(22)6-7-20(10-13-3-2-8-24-13)16(21)11-25-15-5-4-12(18)9-14(15)19/h2-5,8-9H,6-7,10-11H2,1H3. The molecule has 25 heavy (non-hydrogen) atoms. The predicted octanol–water partition coefficient (Wildman–Crippen LogP) is 3.56. The van der Waals surface area contributed by atoms with E-state index in [2.05, 4.69) is 4.74 Å². The molecule has 1 heterocycles. The molecule has 0 aliphatic heterocycles.